The lowest BCUT2D eigenvalue weighted by Crippen LogP contribution is -2.34. The van der Waals surface area contributed by atoms with Gasteiger partial charge in [-0.05, 0) is 43.6 Å². The van der Waals surface area contributed by atoms with Crippen molar-refractivity contribution in [3.63, 3.8) is 0 Å². The molecule has 1 aromatic rings. The van der Waals surface area contributed by atoms with E-state index in [9.17, 15) is 0 Å². The second-order valence-corrected chi connectivity index (χ2v) is 5.71. The summed E-state index contributed by atoms with van der Waals surface area (Å²) in [6.07, 6.45) is 5.15. The van der Waals surface area contributed by atoms with Crippen LogP contribution in [-0.4, -0.2) is 24.5 Å². The summed E-state index contributed by atoms with van der Waals surface area (Å²) in [5.41, 5.74) is 7.06. The minimum atomic E-state index is 0.216. The van der Waals surface area contributed by atoms with Crippen molar-refractivity contribution in [1.29, 1.82) is 0 Å². The monoisotopic (exact) mass is 286 g/mol. The summed E-state index contributed by atoms with van der Waals surface area (Å²) in [6.45, 7) is 2.82. The standard InChI is InChI=1S/C14H20Cl2N2/c15-11-5-6-12(13(16)9-11)14(10-17)18-7-3-1-2-4-8-18/h5-6,9,14H,1-4,7-8,10,17H2. The largest absolute Gasteiger partial charge is 0.329 e. The summed E-state index contributed by atoms with van der Waals surface area (Å²) in [6, 6.07) is 5.92. The first-order chi connectivity index (χ1) is 8.72. The molecule has 1 aromatic carbocycles. The Hall–Kier alpha value is -0.280. The third-order valence-electron chi connectivity index (χ3n) is 3.63. The molecule has 1 heterocycles. The van der Waals surface area contributed by atoms with E-state index in [0.717, 1.165) is 23.7 Å². The Bertz CT molecular complexity index is 387. The van der Waals surface area contributed by atoms with Crippen molar-refractivity contribution in [2.75, 3.05) is 19.6 Å². The van der Waals surface area contributed by atoms with Crippen LogP contribution in [0.15, 0.2) is 18.2 Å². The molecule has 2 nitrogen and oxygen atoms in total. The molecule has 0 bridgehead atoms. The number of rotatable bonds is 3. The van der Waals surface area contributed by atoms with Crippen molar-refractivity contribution in [2.45, 2.75) is 31.7 Å². The predicted octanol–water partition coefficient (Wildman–Crippen LogP) is 3.87. The second kappa shape index (κ2) is 6.76. The Balaban J connectivity index is 2.20. The van der Waals surface area contributed by atoms with Gasteiger partial charge in [-0.3, -0.25) is 4.90 Å². The highest BCUT2D eigenvalue weighted by Gasteiger charge is 2.22. The Labute approximate surface area is 119 Å². The minimum absolute atomic E-state index is 0.216. The molecule has 2 rings (SSSR count). The van der Waals surface area contributed by atoms with Crippen LogP contribution in [0.2, 0.25) is 10.0 Å². The second-order valence-electron chi connectivity index (χ2n) is 4.87. The first kappa shape index (κ1) is 14.1. The number of hydrogen-bond donors (Lipinski definition) is 1. The van der Waals surface area contributed by atoms with Crippen LogP contribution in [0.1, 0.15) is 37.3 Å². The van der Waals surface area contributed by atoms with E-state index >= 15 is 0 Å². The van der Waals surface area contributed by atoms with Crippen molar-refractivity contribution in [1.82, 2.24) is 4.90 Å². The number of hydrogen-bond acceptors (Lipinski definition) is 2. The van der Waals surface area contributed by atoms with Gasteiger partial charge in [-0.2, -0.15) is 0 Å². The number of benzene rings is 1. The van der Waals surface area contributed by atoms with Gasteiger partial charge in [0.05, 0.1) is 0 Å². The highest BCUT2D eigenvalue weighted by molar-refractivity contribution is 6.35. The molecule has 0 spiro atoms. The van der Waals surface area contributed by atoms with E-state index in [1.807, 2.05) is 12.1 Å². The maximum absolute atomic E-state index is 6.30. The highest BCUT2D eigenvalue weighted by Crippen LogP contribution is 2.30. The van der Waals surface area contributed by atoms with E-state index in [-0.39, 0.29) is 6.04 Å². The van der Waals surface area contributed by atoms with E-state index in [1.54, 1.807) is 6.07 Å². The third kappa shape index (κ3) is 3.39. The van der Waals surface area contributed by atoms with E-state index in [4.69, 9.17) is 28.9 Å². The van der Waals surface area contributed by atoms with Crippen molar-refractivity contribution < 1.29 is 0 Å². The molecular formula is C14H20Cl2N2. The van der Waals surface area contributed by atoms with Gasteiger partial charge in [0.1, 0.15) is 0 Å². The van der Waals surface area contributed by atoms with Gasteiger partial charge in [-0.1, -0.05) is 42.1 Å². The molecule has 0 aliphatic carbocycles. The van der Waals surface area contributed by atoms with Gasteiger partial charge in [-0.25, -0.2) is 0 Å². The lowest BCUT2D eigenvalue weighted by Gasteiger charge is -2.30. The van der Waals surface area contributed by atoms with Crippen LogP contribution >= 0.6 is 23.2 Å². The number of nitrogens with two attached hydrogens (primary N) is 1. The molecule has 2 N–H and O–H groups in total. The van der Waals surface area contributed by atoms with Gasteiger partial charge in [0.25, 0.3) is 0 Å². The summed E-state index contributed by atoms with van der Waals surface area (Å²) in [7, 11) is 0. The molecule has 0 saturated carbocycles. The van der Waals surface area contributed by atoms with Gasteiger partial charge in [-0.15, -0.1) is 0 Å². The van der Waals surface area contributed by atoms with Crippen LogP contribution in [0, 0.1) is 0 Å². The van der Waals surface area contributed by atoms with Crippen LogP contribution < -0.4 is 5.73 Å². The quantitative estimate of drug-likeness (QED) is 0.914. The SMILES string of the molecule is NCC(c1ccc(Cl)cc1Cl)N1CCCCCC1. The van der Waals surface area contributed by atoms with E-state index in [1.165, 1.54) is 25.7 Å². The first-order valence-corrected chi connectivity index (χ1v) is 7.37. The molecule has 0 amide bonds. The molecule has 1 aliphatic heterocycles. The van der Waals surface area contributed by atoms with E-state index < -0.39 is 0 Å². The summed E-state index contributed by atoms with van der Waals surface area (Å²) in [5, 5.41) is 1.40. The fourth-order valence-corrected chi connectivity index (χ4v) is 3.19. The van der Waals surface area contributed by atoms with Crippen LogP contribution in [0.5, 0.6) is 0 Å². The topological polar surface area (TPSA) is 29.3 Å². The van der Waals surface area contributed by atoms with Crippen molar-refractivity contribution in [3.05, 3.63) is 33.8 Å². The first-order valence-electron chi connectivity index (χ1n) is 6.61. The molecule has 1 saturated heterocycles. The molecule has 18 heavy (non-hydrogen) atoms. The fraction of sp³-hybridized carbons (Fsp3) is 0.571. The Morgan fingerprint density at radius 2 is 1.78 bits per heavy atom. The molecular weight excluding hydrogens is 267 g/mol. The van der Waals surface area contributed by atoms with Crippen molar-refractivity contribution in [2.24, 2.45) is 5.73 Å². The summed E-state index contributed by atoms with van der Waals surface area (Å²) >= 11 is 12.2. The van der Waals surface area contributed by atoms with Gasteiger partial charge < -0.3 is 5.73 Å². The maximum Gasteiger partial charge on any atom is 0.0485 e. The molecule has 0 radical (unpaired) electrons. The Morgan fingerprint density at radius 1 is 1.11 bits per heavy atom. The van der Waals surface area contributed by atoms with E-state index in [0.29, 0.717) is 11.6 Å². The normalized spacial score (nSPS) is 19.5. The average molecular weight is 287 g/mol. The van der Waals surface area contributed by atoms with Gasteiger partial charge in [0.2, 0.25) is 0 Å². The molecule has 1 atom stereocenters. The van der Waals surface area contributed by atoms with E-state index in [2.05, 4.69) is 4.90 Å². The van der Waals surface area contributed by atoms with Crippen molar-refractivity contribution >= 4 is 23.2 Å². The molecule has 4 heteroatoms. The predicted molar refractivity (Wildman–Crippen MR) is 78.3 cm³/mol. The van der Waals surface area contributed by atoms with Gasteiger partial charge >= 0.3 is 0 Å². The highest BCUT2D eigenvalue weighted by atomic mass is 35.5. The van der Waals surface area contributed by atoms with Gasteiger partial charge in [0.15, 0.2) is 0 Å². The lowest BCUT2D eigenvalue weighted by atomic mass is 10.0. The number of nitrogens with zero attached hydrogens (tertiary/aromatic N) is 1. The zero-order chi connectivity index (χ0) is 13.0. The molecule has 1 unspecified atom stereocenters. The summed E-state index contributed by atoms with van der Waals surface area (Å²) in [4.78, 5) is 2.46. The average Bonchev–Trinajstić information content (AvgIpc) is 2.62. The summed E-state index contributed by atoms with van der Waals surface area (Å²) < 4.78 is 0. The third-order valence-corrected chi connectivity index (χ3v) is 4.19. The molecule has 1 aliphatic rings. The zero-order valence-corrected chi connectivity index (χ0v) is 12.1. The zero-order valence-electron chi connectivity index (χ0n) is 10.5. The van der Waals surface area contributed by atoms with Gasteiger partial charge in [0, 0.05) is 22.6 Å². The molecule has 1 fully saturated rings. The minimum Gasteiger partial charge on any atom is -0.329 e. The Kier molecular flexibility index (Phi) is 5.31. The van der Waals surface area contributed by atoms with Crippen LogP contribution in [-0.2, 0) is 0 Å². The fourth-order valence-electron chi connectivity index (χ4n) is 2.65. The van der Waals surface area contributed by atoms with Crippen LogP contribution in [0.4, 0.5) is 0 Å². The molecule has 100 valence electrons. The number of halogens is 2. The van der Waals surface area contributed by atoms with Crippen molar-refractivity contribution in [3.8, 4) is 0 Å². The van der Waals surface area contributed by atoms with Crippen LogP contribution in [0.25, 0.3) is 0 Å². The number of likely N-dealkylation sites (tertiary alicyclic amines) is 1. The van der Waals surface area contributed by atoms with Crippen LogP contribution in [0.3, 0.4) is 0 Å². The smallest absolute Gasteiger partial charge is 0.0485 e. The summed E-state index contributed by atoms with van der Waals surface area (Å²) in [5.74, 6) is 0. The Morgan fingerprint density at radius 3 is 2.33 bits per heavy atom. The lowest BCUT2D eigenvalue weighted by molar-refractivity contribution is 0.210. The maximum atomic E-state index is 6.30. The molecule has 0 aromatic heterocycles.